The molecule has 3 N–H and O–H groups in total. The van der Waals surface area contributed by atoms with Crippen LogP contribution in [0, 0.1) is 0 Å². The SMILES string of the molecule is COC(=O)c1ccc(NC(=O)c2ccc(S(N)(=O)=O)o2)cc1. The first-order valence-electron chi connectivity index (χ1n) is 5.93. The molecule has 0 aliphatic heterocycles. The number of furan rings is 1. The summed E-state index contributed by atoms with van der Waals surface area (Å²) in [4.78, 5) is 23.2. The van der Waals surface area contributed by atoms with Crippen LogP contribution in [0.5, 0.6) is 0 Å². The van der Waals surface area contributed by atoms with E-state index in [-0.39, 0.29) is 5.76 Å². The van der Waals surface area contributed by atoms with Crippen LogP contribution < -0.4 is 10.5 Å². The Morgan fingerprint density at radius 3 is 2.27 bits per heavy atom. The Bertz CT molecular complexity index is 807. The van der Waals surface area contributed by atoms with E-state index in [4.69, 9.17) is 9.56 Å². The highest BCUT2D eigenvalue weighted by atomic mass is 32.2. The van der Waals surface area contributed by atoms with E-state index in [1.165, 1.54) is 37.4 Å². The zero-order valence-electron chi connectivity index (χ0n) is 11.4. The number of hydrogen-bond donors (Lipinski definition) is 2. The van der Waals surface area contributed by atoms with Crippen molar-refractivity contribution < 1.29 is 27.2 Å². The molecule has 116 valence electrons. The Morgan fingerprint density at radius 2 is 1.77 bits per heavy atom. The number of esters is 1. The number of nitrogens with one attached hydrogen (secondary N) is 1. The van der Waals surface area contributed by atoms with Gasteiger partial charge in [0, 0.05) is 5.69 Å². The van der Waals surface area contributed by atoms with Crippen LogP contribution in [0.25, 0.3) is 0 Å². The van der Waals surface area contributed by atoms with Crippen molar-refractivity contribution in [1.29, 1.82) is 0 Å². The van der Waals surface area contributed by atoms with Crippen LogP contribution in [0.3, 0.4) is 0 Å². The van der Waals surface area contributed by atoms with E-state index in [1.807, 2.05) is 0 Å². The first kappa shape index (κ1) is 15.7. The van der Waals surface area contributed by atoms with Crippen LogP contribution in [-0.4, -0.2) is 27.4 Å². The van der Waals surface area contributed by atoms with Gasteiger partial charge in [0.2, 0.25) is 5.09 Å². The third-order valence-electron chi connectivity index (χ3n) is 2.65. The van der Waals surface area contributed by atoms with Crippen molar-refractivity contribution in [1.82, 2.24) is 0 Å². The molecule has 0 aliphatic carbocycles. The number of primary sulfonamides is 1. The molecule has 9 heteroatoms. The fourth-order valence-electron chi connectivity index (χ4n) is 1.60. The lowest BCUT2D eigenvalue weighted by Gasteiger charge is -2.04. The fourth-order valence-corrected chi connectivity index (χ4v) is 2.06. The predicted molar refractivity (Wildman–Crippen MR) is 75.8 cm³/mol. The van der Waals surface area contributed by atoms with Gasteiger partial charge in [-0.15, -0.1) is 0 Å². The zero-order valence-corrected chi connectivity index (χ0v) is 12.2. The van der Waals surface area contributed by atoms with E-state index < -0.39 is 27.0 Å². The van der Waals surface area contributed by atoms with Crippen LogP contribution >= 0.6 is 0 Å². The van der Waals surface area contributed by atoms with Gasteiger partial charge in [-0.2, -0.15) is 0 Å². The van der Waals surface area contributed by atoms with Gasteiger partial charge in [0.05, 0.1) is 12.7 Å². The quantitative estimate of drug-likeness (QED) is 0.806. The third-order valence-corrected chi connectivity index (χ3v) is 3.43. The summed E-state index contributed by atoms with van der Waals surface area (Å²) in [6.45, 7) is 0. The van der Waals surface area contributed by atoms with Gasteiger partial charge in [-0.25, -0.2) is 18.4 Å². The van der Waals surface area contributed by atoms with Crippen molar-refractivity contribution in [2.75, 3.05) is 12.4 Å². The minimum Gasteiger partial charge on any atom is -0.465 e. The molecule has 2 rings (SSSR count). The molecule has 22 heavy (non-hydrogen) atoms. The smallest absolute Gasteiger partial charge is 0.337 e. The van der Waals surface area contributed by atoms with Gasteiger partial charge < -0.3 is 14.5 Å². The van der Waals surface area contributed by atoms with Crippen molar-refractivity contribution in [3.05, 3.63) is 47.7 Å². The van der Waals surface area contributed by atoms with Crippen LogP contribution in [0.4, 0.5) is 5.69 Å². The molecule has 2 aromatic rings. The molecular weight excluding hydrogens is 312 g/mol. The molecule has 0 atom stereocenters. The number of nitrogens with two attached hydrogens (primary N) is 1. The first-order chi connectivity index (χ1) is 10.3. The number of rotatable bonds is 4. The predicted octanol–water partition coefficient (Wildman–Crippen LogP) is 0.966. The van der Waals surface area contributed by atoms with Gasteiger partial charge in [0.15, 0.2) is 5.76 Å². The number of carbonyl (C=O) groups excluding carboxylic acids is 2. The minimum atomic E-state index is -4.00. The second kappa shape index (κ2) is 6.00. The van der Waals surface area contributed by atoms with Gasteiger partial charge >= 0.3 is 5.97 Å². The highest BCUT2D eigenvalue weighted by molar-refractivity contribution is 7.89. The topological polar surface area (TPSA) is 129 Å². The number of benzene rings is 1. The number of ether oxygens (including phenoxy) is 1. The summed E-state index contributed by atoms with van der Waals surface area (Å²) in [7, 11) is -2.74. The van der Waals surface area contributed by atoms with Gasteiger partial charge in [-0.1, -0.05) is 0 Å². The van der Waals surface area contributed by atoms with Crippen LogP contribution in [0.15, 0.2) is 45.9 Å². The molecule has 0 spiro atoms. The molecule has 0 unspecified atom stereocenters. The molecule has 8 nitrogen and oxygen atoms in total. The Hall–Kier alpha value is -2.65. The van der Waals surface area contributed by atoms with E-state index in [2.05, 4.69) is 10.1 Å². The maximum atomic E-state index is 11.9. The standard InChI is InChI=1S/C13H12N2O6S/c1-20-13(17)8-2-4-9(5-3-8)15-12(16)10-6-7-11(21-10)22(14,18)19/h2-7H,1H3,(H,15,16)(H2,14,18,19). The van der Waals surface area contributed by atoms with Crippen LogP contribution in [0.1, 0.15) is 20.9 Å². The molecule has 0 bridgehead atoms. The van der Waals surface area contributed by atoms with Crippen molar-refractivity contribution in [2.24, 2.45) is 5.14 Å². The molecule has 1 aromatic heterocycles. The van der Waals surface area contributed by atoms with Crippen molar-refractivity contribution >= 4 is 27.6 Å². The number of amides is 1. The molecule has 1 aromatic carbocycles. The molecule has 1 amide bonds. The fraction of sp³-hybridized carbons (Fsp3) is 0.0769. The molecule has 0 saturated carbocycles. The van der Waals surface area contributed by atoms with E-state index >= 15 is 0 Å². The number of anilines is 1. The van der Waals surface area contributed by atoms with Crippen molar-refractivity contribution in [3.63, 3.8) is 0 Å². The summed E-state index contributed by atoms with van der Waals surface area (Å²) in [5, 5.41) is 6.87. The average Bonchev–Trinajstić information content (AvgIpc) is 2.97. The minimum absolute atomic E-state index is 0.207. The summed E-state index contributed by atoms with van der Waals surface area (Å²) in [5.41, 5.74) is 0.723. The highest BCUT2D eigenvalue weighted by Gasteiger charge is 2.17. The lowest BCUT2D eigenvalue weighted by atomic mass is 10.2. The van der Waals surface area contributed by atoms with Gasteiger partial charge in [-0.05, 0) is 36.4 Å². The van der Waals surface area contributed by atoms with E-state index in [1.54, 1.807) is 0 Å². The van der Waals surface area contributed by atoms with Gasteiger partial charge in [0.1, 0.15) is 0 Å². The van der Waals surface area contributed by atoms with E-state index in [0.29, 0.717) is 11.3 Å². The van der Waals surface area contributed by atoms with E-state index in [9.17, 15) is 18.0 Å². The van der Waals surface area contributed by atoms with Gasteiger partial charge in [0.25, 0.3) is 15.9 Å². The summed E-state index contributed by atoms with van der Waals surface area (Å²) in [6, 6.07) is 8.21. The number of carbonyl (C=O) groups is 2. The second-order valence-electron chi connectivity index (χ2n) is 4.19. The largest absolute Gasteiger partial charge is 0.465 e. The van der Waals surface area contributed by atoms with Gasteiger partial charge in [-0.3, -0.25) is 4.79 Å². The Morgan fingerprint density at radius 1 is 1.14 bits per heavy atom. The molecule has 0 fully saturated rings. The molecule has 0 saturated heterocycles. The normalized spacial score (nSPS) is 11.0. The van der Waals surface area contributed by atoms with Crippen molar-refractivity contribution in [2.45, 2.75) is 5.09 Å². The molecule has 1 heterocycles. The number of sulfonamides is 1. The highest BCUT2D eigenvalue weighted by Crippen LogP contribution is 2.15. The number of methoxy groups -OCH3 is 1. The first-order valence-corrected chi connectivity index (χ1v) is 7.48. The maximum Gasteiger partial charge on any atom is 0.337 e. The third kappa shape index (κ3) is 3.51. The lowest BCUT2D eigenvalue weighted by molar-refractivity contribution is 0.0600. The van der Waals surface area contributed by atoms with Crippen molar-refractivity contribution in [3.8, 4) is 0 Å². The Balaban J connectivity index is 2.12. The molecular formula is C13H12N2O6S. The summed E-state index contributed by atoms with van der Waals surface area (Å²) < 4.78 is 31.5. The molecule has 0 radical (unpaired) electrons. The number of hydrogen-bond acceptors (Lipinski definition) is 6. The Kier molecular flexibility index (Phi) is 4.29. The molecule has 0 aliphatic rings. The monoisotopic (exact) mass is 324 g/mol. The second-order valence-corrected chi connectivity index (χ2v) is 5.68. The summed E-state index contributed by atoms with van der Waals surface area (Å²) in [5.74, 6) is -1.36. The Labute approximate surface area is 125 Å². The maximum absolute atomic E-state index is 11.9. The average molecular weight is 324 g/mol. The van der Waals surface area contributed by atoms with E-state index in [0.717, 1.165) is 6.07 Å². The lowest BCUT2D eigenvalue weighted by Crippen LogP contribution is -2.13. The van der Waals surface area contributed by atoms with Crippen LogP contribution in [0.2, 0.25) is 0 Å². The zero-order chi connectivity index (χ0) is 16.3. The summed E-state index contributed by atoms with van der Waals surface area (Å²) in [6.07, 6.45) is 0. The summed E-state index contributed by atoms with van der Waals surface area (Å²) >= 11 is 0. The van der Waals surface area contributed by atoms with Crippen LogP contribution in [-0.2, 0) is 14.8 Å².